The molecule has 1 aromatic heterocycles. The summed E-state index contributed by atoms with van der Waals surface area (Å²) in [5, 5.41) is 5.40. The molecule has 4 rings (SSSR count). The molecular formula is C25H38N4O2S. The maximum Gasteiger partial charge on any atom is 0.325 e. The summed E-state index contributed by atoms with van der Waals surface area (Å²) >= 11 is 1.87. The fourth-order valence-electron chi connectivity index (χ4n) is 5.64. The molecule has 0 spiro atoms. The van der Waals surface area contributed by atoms with E-state index in [0.717, 1.165) is 44.6 Å². The Kier molecular flexibility index (Phi) is 7.37. The Bertz CT molecular complexity index is 839. The lowest BCUT2D eigenvalue weighted by Crippen LogP contribution is -2.55. The number of rotatable bonds is 8. The number of amides is 3. The highest BCUT2D eigenvalue weighted by Crippen LogP contribution is 2.36. The molecule has 3 fully saturated rings. The molecule has 7 heteroatoms. The molecule has 0 radical (unpaired) electrons. The van der Waals surface area contributed by atoms with Gasteiger partial charge in [0.15, 0.2) is 0 Å². The molecule has 0 bridgehead atoms. The number of imide groups is 1. The van der Waals surface area contributed by atoms with Crippen molar-refractivity contribution in [2.24, 2.45) is 5.92 Å². The second-order valence-corrected chi connectivity index (χ2v) is 10.9. The van der Waals surface area contributed by atoms with Gasteiger partial charge in [0, 0.05) is 18.0 Å². The minimum atomic E-state index is -0.747. The van der Waals surface area contributed by atoms with E-state index in [-0.39, 0.29) is 17.9 Å². The van der Waals surface area contributed by atoms with E-state index in [4.69, 9.17) is 0 Å². The highest BCUT2D eigenvalue weighted by molar-refractivity contribution is 7.10. The van der Waals surface area contributed by atoms with Gasteiger partial charge in [-0.3, -0.25) is 19.5 Å². The first-order valence-corrected chi connectivity index (χ1v) is 13.1. The van der Waals surface area contributed by atoms with E-state index in [1.54, 1.807) is 0 Å². The smallest absolute Gasteiger partial charge is 0.323 e. The minimum absolute atomic E-state index is 0.0629. The quantitative estimate of drug-likeness (QED) is 0.468. The number of piperidine rings is 2. The van der Waals surface area contributed by atoms with Crippen LogP contribution in [0.2, 0.25) is 0 Å². The molecule has 0 aromatic carbocycles. The summed E-state index contributed by atoms with van der Waals surface area (Å²) in [7, 11) is 0. The predicted octanol–water partition coefficient (Wildman–Crippen LogP) is 4.22. The third-order valence-corrected chi connectivity index (χ3v) is 8.38. The lowest BCUT2D eigenvalue weighted by Gasteiger charge is -2.40. The molecule has 1 aromatic rings. The molecule has 4 heterocycles. The van der Waals surface area contributed by atoms with Gasteiger partial charge in [0.1, 0.15) is 5.54 Å². The highest BCUT2D eigenvalue weighted by Gasteiger charge is 2.54. The molecule has 3 aliphatic heterocycles. The van der Waals surface area contributed by atoms with Gasteiger partial charge < -0.3 is 5.32 Å². The summed E-state index contributed by atoms with van der Waals surface area (Å²) in [4.78, 5) is 33.6. The van der Waals surface area contributed by atoms with Crippen molar-refractivity contribution in [1.29, 1.82) is 0 Å². The van der Waals surface area contributed by atoms with E-state index in [1.807, 2.05) is 25.2 Å². The summed E-state index contributed by atoms with van der Waals surface area (Å²) < 4.78 is 0. The van der Waals surface area contributed by atoms with Gasteiger partial charge in [0.05, 0.1) is 6.54 Å². The maximum atomic E-state index is 13.2. The zero-order chi connectivity index (χ0) is 22.7. The van der Waals surface area contributed by atoms with Gasteiger partial charge in [-0.25, -0.2) is 4.79 Å². The van der Waals surface area contributed by atoms with Crippen LogP contribution < -0.4 is 5.32 Å². The average Bonchev–Trinajstić information content (AvgIpc) is 3.32. The van der Waals surface area contributed by atoms with E-state index in [0.29, 0.717) is 13.0 Å². The number of hydrogen-bond acceptors (Lipinski definition) is 5. The van der Waals surface area contributed by atoms with Gasteiger partial charge in [0.25, 0.3) is 5.91 Å². The predicted molar refractivity (Wildman–Crippen MR) is 130 cm³/mol. The third-order valence-electron chi connectivity index (χ3n) is 7.41. The number of thiophene rings is 1. The second-order valence-electron chi connectivity index (χ2n) is 9.91. The first kappa shape index (κ1) is 23.5. The summed E-state index contributed by atoms with van der Waals surface area (Å²) in [5.41, 5.74) is 1.53. The van der Waals surface area contributed by atoms with Crippen molar-refractivity contribution in [3.05, 3.63) is 34.0 Å². The van der Waals surface area contributed by atoms with Crippen LogP contribution in [0, 0.1) is 5.92 Å². The molecule has 0 unspecified atom stereocenters. The number of carbonyl (C=O) groups is 2. The number of urea groups is 1. The van der Waals surface area contributed by atoms with E-state index in [1.165, 1.54) is 47.7 Å². The molecule has 176 valence electrons. The lowest BCUT2D eigenvalue weighted by molar-refractivity contribution is -0.134. The van der Waals surface area contributed by atoms with Crippen LogP contribution in [0.4, 0.5) is 4.79 Å². The zero-order valence-corrected chi connectivity index (χ0v) is 20.5. The maximum absolute atomic E-state index is 13.2. The Morgan fingerprint density at radius 1 is 1.12 bits per heavy atom. The van der Waals surface area contributed by atoms with Crippen LogP contribution in [-0.2, 0) is 17.9 Å². The van der Waals surface area contributed by atoms with Crippen molar-refractivity contribution in [2.75, 3.05) is 32.7 Å². The number of likely N-dealkylation sites (tertiary alicyclic amines) is 2. The SMILES string of the molecule is C=C(C)CN1C(=O)N[C@](CC)(C2CCN(Cc3cc(CN4CCCCC4)cs3)CC2)C1=O. The van der Waals surface area contributed by atoms with Crippen LogP contribution in [0.15, 0.2) is 23.6 Å². The molecule has 1 N–H and O–H groups in total. The molecule has 1 atom stereocenters. The number of nitrogens with zero attached hydrogens (tertiary/aromatic N) is 3. The third kappa shape index (κ3) is 4.95. The van der Waals surface area contributed by atoms with Crippen molar-refractivity contribution in [1.82, 2.24) is 20.0 Å². The zero-order valence-electron chi connectivity index (χ0n) is 19.7. The largest absolute Gasteiger partial charge is 0.325 e. The Balaban J connectivity index is 1.31. The first-order valence-electron chi connectivity index (χ1n) is 12.2. The minimum Gasteiger partial charge on any atom is -0.323 e. The summed E-state index contributed by atoms with van der Waals surface area (Å²) in [5.74, 6) is 0.125. The standard InChI is InChI=1S/C25H38N4O2S/c1-4-25(23(30)29(15-19(2)3)24(31)26-25)21-8-12-28(13-9-21)17-22-14-20(18-32-22)16-27-10-6-5-7-11-27/h14,18,21H,2,4-13,15-17H2,1,3H3,(H,26,31)/t25-/m1/s1. The number of nitrogens with one attached hydrogen (secondary N) is 1. The Hall–Kier alpha value is -1.70. The van der Waals surface area contributed by atoms with Crippen molar-refractivity contribution < 1.29 is 9.59 Å². The van der Waals surface area contributed by atoms with Gasteiger partial charge in [-0.2, -0.15) is 0 Å². The van der Waals surface area contributed by atoms with E-state index >= 15 is 0 Å². The van der Waals surface area contributed by atoms with Crippen LogP contribution in [0.5, 0.6) is 0 Å². The van der Waals surface area contributed by atoms with Crippen LogP contribution in [0.25, 0.3) is 0 Å². The molecule has 6 nitrogen and oxygen atoms in total. The Labute approximate surface area is 196 Å². The topological polar surface area (TPSA) is 55.9 Å². The van der Waals surface area contributed by atoms with Crippen molar-refractivity contribution >= 4 is 23.3 Å². The molecule has 3 saturated heterocycles. The van der Waals surface area contributed by atoms with E-state index in [2.05, 4.69) is 33.1 Å². The van der Waals surface area contributed by atoms with Gasteiger partial charge in [-0.05, 0) is 88.1 Å². The highest BCUT2D eigenvalue weighted by atomic mass is 32.1. The molecule has 3 amide bonds. The van der Waals surface area contributed by atoms with Crippen LogP contribution in [0.3, 0.4) is 0 Å². The fraction of sp³-hybridized carbons (Fsp3) is 0.680. The van der Waals surface area contributed by atoms with Crippen molar-refractivity contribution in [2.45, 2.75) is 71.0 Å². The number of hydrogen-bond donors (Lipinski definition) is 1. The normalized spacial score (nSPS) is 26.0. The Morgan fingerprint density at radius 2 is 1.81 bits per heavy atom. The summed E-state index contributed by atoms with van der Waals surface area (Å²) in [6, 6.07) is 2.12. The van der Waals surface area contributed by atoms with Crippen LogP contribution >= 0.6 is 11.3 Å². The summed E-state index contributed by atoms with van der Waals surface area (Å²) in [6.07, 6.45) is 6.55. The summed E-state index contributed by atoms with van der Waals surface area (Å²) in [6.45, 7) is 14.5. The number of carbonyl (C=O) groups excluding carboxylic acids is 2. The van der Waals surface area contributed by atoms with Crippen molar-refractivity contribution in [3.8, 4) is 0 Å². The van der Waals surface area contributed by atoms with Crippen LogP contribution in [0.1, 0.15) is 62.8 Å². The van der Waals surface area contributed by atoms with Gasteiger partial charge in [-0.1, -0.05) is 25.5 Å². The van der Waals surface area contributed by atoms with E-state index in [9.17, 15) is 9.59 Å². The average molecular weight is 459 g/mol. The van der Waals surface area contributed by atoms with E-state index < -0.39 is 5.54 Å². The molecule has 3 aliphatic rings. The van der Waals surface area contributed by atoms with Gasteiger partial charge in [-0.15, -0.1) is 11.3 Å². The van der Waals surface area contributed by atoms with Gasteiger partial charge >= 0.3 is 6.03 Å². The van der Waals surface area contributed by atoms with Gasteiger partial charge in [0.2, 0.25) is 0 Å². The molecule has 0 saturated carbocycles. The molecule has 32 heavy (non-hydrogen) atoms. The lowest BCUT2D eigenvalue weighted by atomic mass is 9.75. The first-order chi connectivity index (χ1) is 15.4. The van der Waals surface area contributed by atoms with Crippen LogP contribution in [-0.4, -0.2) is 64.9 Å². The second kappa shape index (κ2) is 10.1. The molecule has 0 aliphatic carbocycles. The molecular weight excluding hydrogens is 420 g/mol. The fourth-order valence-corrected chi connectivity index (χ4v) is 6.56. The van der Waals surface area contributed by atoms with Crippen molar-refractivity contribution in [3.63, 3.8) is 0 Å². The monoisotopic (exact) mass is 458 g/mol. The Morgan fingerprint density at radius 3 is 2.47 bits per heavy atom.